The van der Waals surface area contributed by atoms with Gasteiger partial charge in [0.2, 0.25) is 18.4 Å². The Morgan fingerprint density at radius 2 is 2.10 bits per heavy atom. The molecule has 1 heterocycles. The van der Waals surface area contributed by atoms with E-state index in [-0.39, 0.29) is 0 Å². The molecule has 0 aliphatic heterocycles. The molecule has 0 aliphatic rings. The van der Waals surface area contributed by atoms with Crippen LogP contribution in [0.4, 0.5) is 13.2 Å². The van der Waals surface area contributed by atoms with E-state index in [2.05, 4.69) is 14.7 Å². The van der Waals surface area contributed by atoms with Crippen LogP contribution in [0.2, 0.25) is 0 Å². The predicted octanol–water partition coefficient (Wildman–Crippen LogP) is 1.35. The molecule has 1 rings (SSSR count). The highest BCUT2D eigenvalue weighted by Gasteiger charge is 2.25. The number of alkyl halides is 3. The third-order valence-electron chi connectivity index (χ3n) is 0.846. The van der Waals surface area contributed by atoms with Gasteiger partial charge in [0.05, 0.1) is 0 Å². The molecular formula is C4H3F3N2O. The number of aromatic nitrogens is 2. The average molecular weight is 152 g/mol. The van der Waals surface area contributed by atoms with Crippen molar-refractivity contribution in [2.45, 2.75) is 12.6 Å². The maximum Gasteiger partial charge on any atom is 0.276 e. The Kier molecular flexibility index (Phi) is 1.88. The van der Waals surface area contributed by atoms with E-state index in [9.17, 15) is 13.2 Å². The van der Waals surface area contributed by atoms with Gasteiger partial charge in [0.1, 0.15) is 0 Å². The van der Waals surface area contributed by atoms with Crippen LogP contribution in [0.5, 0.6) is 0 Å². The van der Waals surface area contributed by atoms with Gasteiger partial charge in [-0.25, -0.2) is 13.2 Å². The molecule has 0 radical (unpaired) electrons. The van der Waals surface area contributed by atoms with E-state index in [0.717, 1.165) is 6.39 Å². The van der Waals surface area contributed by atoms with Crippen LogP contribution in [0.1, 0.15) is 12.0 Å². The zero-order chi connectivity index (χ0) is 7.56. The molecule has 1 aromatic heterocycles. The SMILES string of the molecule is FC(F)C(F)c1ncon1. The van der Waals surface area contributed by atoms with Gasteiger partial charge in [-0.15, -0.1) is 0 Å². The maximum absolute atomic E-state index is 12.2. The van der Waals surface area contributed by atoms with Crippen LogP contribution in [0, 0.1) is 0 Å². The van der Waals surface area contributed by atoms with Gasteiger partial charge in [-0.05, 0) is 0 Å². The Morgan fingerprint density at radius 1 is 1.40 bits per heavy atom. The molecule has 56 valence electrons. The van der Waals surface area contributed by atoms with E-state index in [1.165, 1.54) is 0 Å². The second-order valence-electron chi connectivity index (χ2n) is 1.53. The predicted molar refractivity (Wildman–Crippen MR) is 24.2 cm³/mol. The molecule has 0 fully saturated rings. The summed E-state index contributed by atoms with van der Waals surface area (Å²) in [5.74, 6) is -0.616. The molecule has 0 N–H and O–H groups in total. The average Bonchev–Trinajstić information content (AvgIpc) is 2.36. The fourth-order valence-electron chi connectivity index (χ4n) is 0.413. The largest absolute Gasteiger partial charge is 0.343 e. The number of hydrogen-bond acceptors (Lipinski definition) is 3. The molecule has 10 heavy (non-hydrogen) atoms. The highest BCUT2D eigenvalue weighted by molar-refractivity contribution is 4.85. The van der Waals surface area contributed by atoms with Crippen LogP contribution in [-0.4, -0.2) is 16.6 Å². The Labute approximate surface area is 53.8 Å². The van der Waals surface area contributed by atoms with Crippen LogP contribution in [0.15, 0.2) is 10.9 Å². The molecule has 0 aliphatic carbocycles. The molecule has 3 nitrogen and oxygen atoms in total. The minimum atomic E-state index is -3.10. The second-order valence-corrected chi connectivity index (χ2v) is 1.53. The van der Waals surface area contributed by atoms with Crippen LogP contribution in [-0.2, 0) is 0 Å². The van der Waals surface area contributed by atoms with Crippen LogP contribution in [0.25, 0.3) is 0 Å². The first-order chi connectivity index (χ1) is 4.72. The molecule has 0 saturated carbocycles. The fourth-order valence-corrected chi connectivity index (χ4v) is 0.413. The second kappa shape index (κ2) is 2.68. The quantitative estimate of drug-likeness (QED) is 0.641. The first-order valence-electron chi connectivity index (χ1n) is 2.40. The smallest absolute Gasteiger partial charge is 0.276 e. The van der Waals surface area contributed by atoms with E-state index in [1.54, 1.807) is 0 Å². The molecule has 0 aromatic carbocycles. The molecular weight excluding hydrogens is 149 g/mol. The summed E-state index contributed by atoms with van der Waals surface area (Å²) in [6, 6.07) is 0. The lowest BCUT2D eigenvalue weighted by atomic mass is 10.4. The number of hydrogen-bond donors (Lipinski definition) is 0. The van der Waals surface area contributed by atoms with Crippen LogP contribution < -0.4 is 0 Å². The molecule has 0 bridgehead atoms. The maximum atomic E-state index is 12.2. The van der Waals surface area contributed by atoms with Gasteiger partial charge >= 0.3 is 0 Å². The highest BCUT2D eigenvalue weighted by Crippen LogP contribution is 2.20. The topological polar surface area (TPSA) is 38.9 Å². The fraction of sp³-hybridized carbons (Fsp3) is 0.500. The van der Waals surface area contributed by atoms with Gasteiger partial charge in [-0.1, -0.05) is 5.16 Å². The monoisotopic (exact) mass is 152 g/mol. The summed E-state index contributed by atoms with van der Waals surface area (Å²) in [4.78, 5) is 3.10. The molecule has 1 aromatic rings. The van der Waals surface area contributed by atoms with Crippen molar-refractivity contribution in [1.82, 2.24) is 10.1 Å². The summed E-state index contributed by atoms with van der Waals surface area (Å²) < 4.78 is 39.2. The van der Waals surface area contributed by atoms with Gasteiger partial charge < -0.3 is 4.52 Å². The standard InChI is InChI=1S/C4H3F3N2O/c5-2(3(6)7)4-8-1-10-9-4/h1-3H. The third kappa shape index (κ3) is 1.26. The number of rotatable bonds is 2. The summed E-state index contributed by atoms with van der Waals surface area (Å²) in [6.07, 6.45) is -4.75. The van der Waals surface area contributed by atoms with Crippen molar-refractivity contribution in [1.29, 1.82) is 0 Å². The van der Waals surface area contributed by atoms with Gasteiger partial charge in [0.15, 0.2) is 0 Å². The van der Waals surface area contributed by atoms with E-state index in [1.807, 2.05) is 0 Å². The molecule has 1 atom stereocenters. The van der Waals surface area contributed by atoms with Gasteiger partial charge in [0.25, 0.3) is 6.43 Å². The van der Waals surface area contributed by atoms with Crippen molar-refractivity contribution in [3.05, 3.63) is 12.2 Å². The van der Waals surface area contributed by atoms with Crippen molar-refractivity contribution >= 4 is 0 Å². The first kappa shape index (κ1) is 7.04. The summed E-state index contributed by atoms with van der Waals surface area (Å²) >= 11 is 0. The lowest BCUT2D eigenvalue weighted by Crippen LogP contribution is -2.04. The van der Waals surface area contributed by atoms with Crippen molar-refractivity contribution < 1.29 is 17.7 Å². The Morgan fingerprint density at radius 3 is 2.50 bits per heavy atom. The van der Waals surface area contributed by atoms with Crippen molar-refractivity contribution in [3.63, 3.8) is 0 Å². The molecule has 6 heteroatoms. The van der Waals surface area contributed by atoms with E-state index >= 15 is 0 Å². The van der Waals surface area contributed by atoms with Crippen molar-refractivity contribution in [2.75, 3.05) is 0 Å². The molecule has 0 amide bonds. The first-order valence-corrected chi connectivity index (χ1v) is 2.40. The summed E-state index contributed by atoms with van der Waals surface area (Å²) in [5, 5.41) is 2.90. The zero-order valence-corrected chi connectivity index (χ0v) is 4.67. The molecule has 0 spiro atoms. The number of nitrogens with zero attached hydrogens (tertiary/aromatic N) is 2. The number of halogens is 3. The Hall–Kier alpha value is -1.07. The summed E-state index contributed by atoms with van der Waals surface area (Å²) in [5.41, 5.74) is 0. The van der Waals surface area contributed by atoms with Gasteiger partial charge in [-0.3, -0.25) is 0 Å². The van der Waals surface area contributed by atoms with E-state index in [0.29, 0.717) is 0 Å². The van der Waals surface area contributed by atoms with Crippen molar-refractivity contribution in [2.24, 2.45) is 0 Å². The Bertz CT molecular complexity index is 188. The van der Waals surface area contributed by atoms with Gasteiger partial charge in [-0.2, -0.15) is 4.98 Å². The van der Waals surface area contributed by atoms with Crippen LogP contribution >= 0.6 is 0 Å². The molecule has 1 unspecified atom stereocenters. The van der Waals surface area contributed by atoms with E-state index in [4.69, 9.17) is 0 Å². The minimum Gasteiger partial charge on any atom is -0.343 e. The summed E-state index contributed by atoms with van der Waals surface area (Å²) in [6.45, 7) is 0. The molecule has 0 saturated heterocycles. The van der Waals surface area contributed by atoms with E-state index < -0.39 is 18.4 Å². The minimum absolute atomic E-state index is 0.616. The lowest BCUT2D eigenvalue weighted by Gasteiger charge is -1.98. The normalized spacial score (nSPS) is 14.0. The summed E-state index contributed by atoms with van der Waals surface area (Å²) in [7, 11) is 0. The highest BCUT2D eigenvalue weighted by atomic mass is 19.3. The third-order valence-corrected chi connectivity index (χ3v) is 0.846. The lowest BCUT2D eigenvalue weighted by molar-refractivity contribution is 0.0435. The van der Waals surface area contributed by atoms with Gasteiger partial charge in [0, 0.05) is 0 Å². The zero-order valence-electron chi connectivity index (χ0n) is 4.67. The van der Waals surface area contributed by atoms with Crippen molar-refractivity contribution in [3.8, 4) is 0 Å². The van der Waals surface area contributed by atoms with Crippen LogP contribution in [0.3, 0.4) is 0 Å². The Balaban J connectivity index is 2.68.